The number of nitrogen functional groups attached to an aromatic ring is 1. The Kier molecular flexibility index (Phi) is 6.13. The van der Waals surface area contributed by atoms with Gasteiger partial charge in [-0.05, 0) is 31.5 Å². The number of aromatic nitrogens is 3. The number of anilines is 2. The van der Waals surface area contributed by atoms with Crippen molar-refractivity contribution in [2.75, 3.05) is 11.1 Å². The lowest BCUT2D eigenvalue weighted by Crippen LogP contribution is -2.15. The summed E-state index contributed by atoms with van der Waals surface area (Å²) >= 11 is 0. The van der Waals surface area contributed by atoms with Gasteiger partial charge in [-0.1, -0.05) is 41.6 Å². The predicted octanol–water partition coefficient (Wildman–Crippen LogP) is 3.79. The van der Waals surface area contributed by atoms with E-state index in [1.54, 1.807) is 47.1 Å². The summed E-state index contributed by atoms with van der Waals surface area (Å²) in [5.74, 6) is -1.11. The molecule has 10 heteroatoms. The number of nitrogens with zero attached hydrogens (tertiary/aromatic N) is 3. The van der Waals surface area contributed by atoms with Gasteiger partial charge in [0.05, 0.1) is 6.42 Å². The fourth-order valence-electron chi connectivity index (χ4n) is 3.56. The van der Waals surface area contributed by atoms with Crippen molar-refractivity contribution in [1.82, 2.24) is 14.9 Å². The summed E-state index contributed by atoms with van der Waals surface area (Å²) in [7, 11) is 0. The molecule has 0 aliphatic heterocycles. The fourth-order valence-corrected chi connectivity index (χ4v) is 3.56. The summed E-state index contributed by atoms with van der Waals surface area (Å²) in [5, 5.41) is 10.9. The van der Waals surface area contributed by atoms with Crippen molar-refractivity contribution in [3.8, 4) is 22.5 Å². The van der Waals surface area contributed by atoms with Crippen LogP contribution in [0.2, 0.25) is 0 Å². The highest BCUT2D eigenvalue weighted by Gasteiger charge is 2.22. The molecule has 0 unspecified atom stereocenters. The van der Waals surface area contributed by atoms with Gasteiger partial charge >= 0.3 is 0 Å². The number of benzene rings is 2. The predicted molar refractivity (Wildman–Crippen MR) is 125 cm³/mol. The van der Waals surface area contributed by atoms with E-state index in [2.05, 4.69) is 15.6 Å². The molecule has 0 radical (unpaired) electrons. The second-order valence-corrected chi connectivity index (χ2v) is 7.99. The van der Waals surface area contributed by atoms with E-state index >= 15 is 0 Å². The van der Waals surface area contributed by atoms with Crippen LogP contribution in [0, 0.1) is 5.82 Å². The zero-order chi connectivity index (χ0) is 24.4. The third-order valence-corrected chi connectivity index (χ3v) is 5.20. The molecule has 0 saturated carbocycles. The second-order valence-electron chi connectivity index (χ2n) is 7.99. The van der Waals surface area contributed by atoms with E-state index in [1.165, 1.54) is 12.1 Å². The number of hydrogen-bond acceptors (Lipinski definition) is 6. The van der Waals surface area contributed by atoms with Crippen LogP contribution in [-0.4, -0.2) is 26.8 Å². The van der Waals surface area contributed by atoms with Gasteiger partial charge in [-0.3, -0.25) is 14.9 Å². The standard InChI is InChI=1S/C24H23FN6O3/c1-13(2)31-23(26)21(24(27)33)22(29-31)15-9-7-14(8-10-15)11-19(32)28-20-12-18(30-34-20)16-5-3-4-6-17(16)25/h3-10,12-13H,11,26H2,1-2H3,(H2,27,33)(H,28,32). The van der Waals surface area contributed by atoms with Crippen LogP contribution in [0.15, 0.2) is 59.1 Å². The van der Waals surface area contributed by atoms with Gasteiger partial charge in [0, 0.05) is 23.2 Å². The Hall–Kier alpha value is -4.47. The Labute approximate surface area is 194 Å². The monoisotopic (exact) mass is 462 g/mol. The number of primary amides is 1. The van der Waals surface area contributed by atoms with Crippen molar-refractivity contribution >= 4 is 23.5 Å². The van der Waals surface area contributed by atoms with Gasteiger partial charge in [0.2, 0.25) is 11.8 Å². The number of amides is 2. The molecule has 0 atom stereocenters. The van der Waals surface area contributed by atoms with Crippen LogP contribution in [0.1, 0.15) is 35.8 Å². The highest BCUT2D eigenvalue weighted by molar-refractivity contribution is 6.03. The van der Waals surface area contributed by atoms with Crippen molar-refractivity contribution in [2.24, 2.45) is 5.73 Å². The van der Waals surface area contributed by atoms with Gasteiger partial charge < -0.3 is 16.0 Å². The lowest BCUT2D eigenvalue weighted by atomic mass is 10.0. The first-order valence-electron chi connectivity index (χ1n) is 10.5. The van der Waals surface area contributed by atoms with Crippen LogP contribution in [0.3, 0.4) is 0 Å². The van der Waals surface area contributed by atoms with Gasteiger partial charge in [0.1, 0.15) is 28.6 Å². The minimum Gasteiger partial charge on any atom is -0.383 e. The van der Waals surface area contributed by atoms with Gasteiger partial charge in [-0.25, -0.2) is 9.07 Å². The van der Waals surface area contributed by atoms with E-state index in [-0.39, 0.29) is 46.9 Å². The number of nitrogens with one attached hydrogen (secondary N) is 1. The van der Waals surface area contributed by atoms with E-state index in [4.69, 9.17) is 16.0 Å². The molecule has 2 heterocycles. The molecule has 4 aromatic rings. The summed E-state index contributed by atoms with van der Waals surface area (Å²) in [5.41, 5.74) is 14.1. The van der Waals surface area contributed by atoms with Crippen LogP contribution in [-0.2, 0) is 11.2 Å². The molecule has 2 amide bonds. The summed E-state index contributed by atoms with van der Waals surface area (Å²) in [6.07, 6.45) is 0.0568. The quantitative estimate of drug-likeness (QED) is 0.381. The zero-order valence-corrected chi connectivity index (χ0v) is 18.6. The van der Waals surface area contributed by atoms with E-state index in [0.29, 0.717) is 16.8 Å². The van der Waals surface area contributed by atoms with Crippen LogP contribution >= 0.6 is 0 Å². The minimum absolute atomic E-state index is 0.0511. The van der Waals surface area contributed by atoms with Crippen molar-refractivity contribution in [1.29, 1.82) is 0 Å². The van der Waals surface area contributed by atoms with Gasteiger partial charge in [0.15, 0.2) is 0 Å². The van der Waals surface area contributed by atoms with Crippen molar-refractivity contribution < 1.29 is 18.5 Å². The molecule has 5 N–H and O–H groups in total. The minimum atomic E-state index is -0.662. The number of carbonyl (C=O) groups is 2. The van der Waals surface area contributed by atoms with Gasteiger partial charge in [0.25, 0.3) is 5.91 Å². The van der Waals surface area contributed by atoms with E-state index in [1.807, 2.05) is 13.8 Å². The largest absolute Gasteiger partial charge is 0.383 e. The normalized spacial score (nSPS) is 11.1. The molecule has 0 spiro atoms. The number of halogens is 1. The van der Waals surface area contributed by atoms with E-state index in [0.717, 1.165) is 0 Å². The van der Waals surface area contributed by atoms with Crippen LogP contribution in [0.4, 0.5) is 16.1 Å². The third-order valence-electron chi connectivity index (χ3n) is 5.20. The summed E-state index contributed by atoms with van der Waals surface area (Å²) < 4.78 is 20.6. The van der Waals surface area contributed by atoms with Gasteiger partial charge in [-0.15, -0.1) is 0 Å². The lowest BCUT2D eigenvalue weighted by molar-refractivity contribution is -0.115. The molecule has 0 fully saturated rings. The molecule has 174 valence electrons. The molecule has 0 aliphatic rings. The van der Waals surface area contributed by atoms with E-state index in [9.17, 15) is 14.0 Å². The fraction of sp³-hybridized carbons (Fsp3) is 0.167. The first-order valence-corrected chi connectivity index (χ1v) is 10.5. The molecule has 0 aliphatic carbocycles. The van der Waals surface area contributed by atoms with Crippen LogP contribution in [0.5, 0.6) is 0 Å². The Bertz CT molecular complexity index is 1360. The number of hydrogen-bond donors (Lipinski definition) is 3. The number of carbonyl (C=O) groups excluding carboxylic acids is 2. The Balaban J connectivity index is 1.47. The molecule has 4 rings (SSSR count). The smallest absolute Gasteiger partial charge is 0.254 e. The Morgan fingerprint density at radius 3 is 2.50 bits per heavy atom. The van der Waals surface area contributed by atoms with Crippen molar-refractivity contribution in [3.05, 3.63) is 71.5 Å². The number of nitrogens with two attached hydrogens (primary N) is 2. The van der Waals surface area contributed by atoms with Gasteiger partial charge in [-0.2, -0.15) is 5.10 Å². The van der Waals surface area contributed by atoms with Crippen LogP contribution < -0.4 is 16.8 Å². The third kappa shape index (κ3) is 4.51. The molecule has 2 aromatic heterocycles. The SMILES string of the molecule is CC(C)n1nc(-c2ccc(CC(=O)Nc3cc(-c4ccccc4F)no3)cc2)c(C(N)=O)c1N. The zero-order valence-electron chi connectivity index (χ0n) is 18.6. The average Bonchev–Trinajstić information content (AvgIpc) is 3.39. The topological polar surface area (TPSA) is 142 Å². The second kappa shape index (κ2) is 9.18. The maximum absolute atomic E-state index is 13.9. The average molecular weight is 462 g/mol. The highest BCUT2D eigenvalue weighted by atomic mass is 19.1. The molecule has 34 heavy (non-hydrogen) atoms. The summed E-state index contributed by atoms with van der Waals surface area (Å²) in [4.78, 5) is 24.4. The molecule has 0 saturated heterocycles. The van der Waals surface area contributed by atoms with Crippen molar-refractivity contribution in [3.63, 3.8) is 0 Å². The summed E-state index contributed by atoms with van der Waals surface area (Å²) in [6.45, 7) is 3.79. The highest BCUT2D eigenvalue weighted by Crippen LogP contribution is 2.29. The maximum atomic E-state index is 13.9. The first kappa shape index (κ1) is 22.7. The lowest BCUT2D eigenvalue weighted by Gasteiger charge is -2.07. The van der Waals surface area contributed by atoms with E-state index < -0.39 is 11.7 Å². The Morgan fingerprint density at radius 1 is 1.15 bits per heavy atom. The van der Waals surface area contributed by atoms with Crippen LogP contribution in [0.25, 0.3) is 22.5 Å². The molecular formula is C24H23FN6O3. The number of rotatable bonds is 7. The molecule has 0 bridgehead atoms. The molecular weight excluding hydrogens is 439 g/mol. The first-order chi connectivity index (χ1) is 16.2. The summed E-state index contributed by atoms with van der Waals surface area (Å²) in [6, 6.07) is 14.5. The molecule has 9 nitrogen and oxygen atoms in total. The van der Waals surface area contributed by atoms with Crippen molar-refractivity contribution in [2.45, 2.75) is 26.3 Å². The Morgan fingerprint density at radius 2 is 1.85 bits per heavy atom. The maximum Gasteiger partial charge on any atom is 0.254 e. The molecule has 2 aromatic carbocycles.